The van der Waals surface area contributed by atoms with E-state index in [2.05, 4.69) is 10.3 Å². The molecule has 2 aromatic carbocycles. The van der Waals surface area contributed by atoms with Crippen molar-refractivity contribution >= 4 is 28.5 Å². The third-order valence-corrected chi connectivity index (χ3v) is 5.34. The number of nitrogens with one attached hydrogen (secondary N) is 1. The van der Waals surface area contributed by atoms with Crippen LogP contribution in [0.3, 0.4) is 0 Å². The fourth-order valence-corrected chi connectivity index (χ4v) is 3.77. The summed E-state index contributed by atoms with van der Waals surface area (Å²) in [6.07, 6.45) is 6.78. The lowest BCUT2D eigenvalue weighted by molar-refractivity contribution is -0.111. The number of nitrogens with zero attached hydrogens (tertiary/aromatic N) is 3. The van der Waals surface area contributed by atoms with E-state index in [0.29, 0.717) is 24.1 Å². The van der Waals surface area contributed by atoms with Gasteiger partial charge in [-0.15, -0.1) is 11.3 Å². The molecule has 4 aromatic rings. The SMILES string of the molecule is O=C(/C=C\c1cn(-c2ccccc2)nc1-c1ccc2c(c1)OCCO2)Nc1nccs1. The average molecular weight is 430 g/mol. The minimum absolute atomic E-state index is 0.254. The lowest BCUT2D eigenvalue weighted by Crippen LogP contribution is -2.15. The topological polar surface area (TPSA) is 78.3 Å². The number of benzene rings is 2. The van der Waals surface area contributed by atoms with Gasteiger partial charge >= 0.3 is 0 Å². The third-order valence-electron chi connectivity index (χ3n) is 4.66. The van der Waals surface area contributed by atoms with Gasteiger partial charge in [0, 0.05) is 35.0 Å². The molecule has 0 atom stereocenters. The standard InChI is InChI=1S/C23H18N4O3S/c28-21(25-23-24-10-13-31-23)9-7-17-15-27(18-4-2-1-3-5-18)26-22(17)16-6-8-19-20(14-16)30-12-11-29-19/h1-10,13-15H,11-12H2,(H,24,25,28)/b9-7-. The molecule has 1 aliphatic rings. The van der Waals surface area contributed by atoms with Crippen LogP contribution in [0.25, 0.3) is 23.0 Å². The van der Waals surface area contributed by atoms with Gasteiger partial charge in [-0.05, 0) is 36.4 Å². The molecule has 0 spiro atoms. The van der Waals surface area contributed by atoms with E-state index in [1.54, 1.807) is 17.0 Å². The highest BCUT2D eigenvalue weighted by atomic mass is 32.1. The molecule has 7 nitrogen and oxygen atoms in total. The van der Waals surface area contributed by atoms with Gasteiger partial charge in [0.05, 0.1) is 5.69 Å². The highest BCUT2D eigenvalue weighted by Crippen LogP contribution is 2.35. The van der Waals surface area contributed by atoms with Crippen LogP contribution in [0.15, 0.2) is 72.4 Å². The number of hydrogen-bond acceptors (Lipinski definition) is 6. The second-order valence-corrected chi connectivity index (χ2v) is 7.63. The first-order valence-corrected chi connectivity index (χ1v) is 10.6. The van der Waals surface area contributed by atoms with Crippen molar-refractivity contribution < 1.29 is 14.3 Å². The van der Waals surface area contributed by atoms with E-state index in [0.717, 1.165) is 28.3 Å². The number of aromatic nitrogens is 3. The van der Waals surface area contributed by atoms with Gasteiger partial charge in [0.25, 0.3) is 0 Å². The lowest BCUT2D eigenvalue weighted by atomic mass is 10.1. The molecule has 5 rings (SSSR count). The smallest absolute Gasteiger partial charge is 0.250 e. The third kappa shape index (κ3) is 4.19. The number of carbonyl (C=O) groups excluding carboxylic acids is 1. The Morgan fingerprint density at radius 2 is 1.94 bits per heavy atom. The molecule has 0 radical (unpaired) electrons. The van der Waals surface area contributed by atoms with Gasteiger partial charge in [-0.2, -0.15) is 5.10 Å². The van der Waals surface area contributed by atoms with E-state index in [9.17, 15) is 4.79 Å². The maximum absolute atomic E-state index is 12.3. The maximum atomic E-state index is 12.3. The number of rotatable bonds is 5. The largest absolute Gasteiger partial charge is 0.486 e. The summed E-state index contributed by atoms with van der Waals surface area (Å²) >= 11 is 1.37. The molecule has 0 aliphatic carbocycles. The Morgan fingerprint density at radius 1 is 1.10 bits per heavy atom. The Balaban J connectivity index is 1.50. The van der Waals surface area contributed by atoms with Crippen LogP contribution in [0.4, 0.5) is 5.13 Å². The molecule has 154 valence electrons. The number of fused-ring (bicyclic) bond motifs is 1. The van der Waals surface area contributed by atoms with E-state index in [4.69, 9.17) is 14.6 Å². The number of anilines is 1. The first kappa shape index (κ1) is 19.1. The van der Waals surface area contributed by atoms with Crippen LogP contribution in [0.2, 0.25) is 0 Å². The lowest BCUT2D eigenvalue weighted by Gasteiger charge is -2.18. The van der Waals surface area contributed by atoms with Gasteiger partial charge in [-0.3, -0.25) is 10.1 Å². The number of amides is 1. The first-order valence-electron chi connectivity index (χ1n) is 9.70. The van der Waals surface area contributed by atoms with Gasteiger partial charge < -0.3 is 9.47 Å². The molecular weight excluding hydrogens is 412 g/mol. The first-order chi connectivity index (χ1) is 15.3. The number of para-hydroxylation sites is 1. The van der Waals surface area contributed by atoms with Gasteiger partial charge in [0.1, 0.15) is 18.9 Å². The van der Waals surface area contributed by atoms with Crippen LogP contribution in [0.5, 0.6) is 11.5 Å². The molecule has 0 unspecified atom stereocenters. The molecular formula is C23H18N4O3S. The molecule has 0 saturated carbocycles. The zero-order valence-electron chi connectivity index (χ0n) is 16.4. The molecule has 1 aliphatic heterocycles. The highest BCUT2D eigenvalue weighted by Gasteiger charge is 2.16. The molecule has 0 bridgehead atoms. The normalized spacial score (nSPS) is 12.8. The van der Waals surface area contributed by atoms with E-state index in [1.807, 2.05) is 60.1 Å². The summed E-state index contributed by atoms with van der Waals surface area (Å²) in [5, 5.41) is 9.89. The molecule has 2 aromatic heterocycles. The summed E-state index contributed by atoms with van der Waals surface area (Å²) < 4.78 is 13.1. The van der Waals surface area contributed by atoms with Gasteiger partial charge in [0.15, 0.2) is 16.6 Å². The minimum Gasteiger partial charge on any atom is -0.486 e. The quantitative estimate of drug-likeness (QED) is 0.474. The van der Waals surface area contributed by atoms with Gasteiger partial charge in [0.2, 0.25) is 5.91 Å². The van der Waals surface area contributed by atoms with Gasteiger partial charge in [-0.1, -0.05) is 18.2 Å². The highest BCUT2D eigenvalue weighted by molar-refractivity contribution is 7.13. The van der Waals surface area contributed by atoms with E-state index < -0.39 is 0 Å². The van der Waals surface area contributed by atoms with Crippen LogP contribution in [-0.2, 0) is 4.79 Å². The number of hydrogen-bond donors (Lipinski definition) is 1. The summed E-state index contributed by atoms with van der Waals surface area (Å²) in [5.74, 6) is 1.15. The zero-order valence-corrected chi connectivity index (χ0v) is 17.2. The Labute approximate surface area is 182 Å². The van der Waals surface area contributed by atoms with E-state index in [-0.39, 0.29) is 5.91 Å². The molecule has 31 heavy (non-hydrogen) atoms. The number of ether oxygens (including phenoxy) is 2. The van der Waals surface area contributed by atoms with Crippen molar-refractivity contribution in [1.82, 2.24) is 14.8 Å². The fourth-order valence-electron chi connectivity index (χ4n) is 3.23. The molecule has 0 saturated heterocycles. The van der Waals surface area contributed by atoms with Crippen LogP contribution in [0.1, 0.15) is 5.56 Å². The molecule has 8 heteroatoms. The summed E-state index contributed by atoms with van der Waals surface area (Å²) in [5.41, 5.74) is 3.33. The Hall–Kier alpha value is -3.91. The second kappa shape index (κ2) is 8.45. The Bertz CT molecular complexity index is 1230. The van der Waals surface area contributed by atoms with Crippen molar-refractivity contribution in [1.29, 1.82) is 0 Å². The van der Waals surface area contributed by atoms with Gasteiger partial charge in [-0.25, -0.2) is 9.67 Å². The van der Waals surface area contributed by atoms with E-state index in [1.165, 1.54) is 17.4 Å². The van der Waals surface area contributed by atoms with Crippen molar-refractivity contribution in [2.24, 2.45) is 0 Å². The molecule has 3 heterocycles. The summed E-state index contributed by atoms with van der Waals surface area (Å²) in [7, 11) is 0. The Morgan fingerprint density at radius 3 is 2.74 bits per heavy atom. The maximum Gasteiger partial charge on any atom is 0.250 e. The predicted molar refractivity (Wildman–Crippen MR) is 120 cm³/mol. The van der Waals surface area contributed by atoms with Crippen molar-refractivity contribution in [3.8, 4) is 28.4 Å². The van der Waals surface area contributed by atoms with Crippen LogP contribution in [0, 0.1) is 0 Å². The monoisotopic (exact) mass is 430 g/mol. The van der Waals surface area contributed by atoms with Crippen molar-refractivity contribution in [2.45, 2.75) is 0 Å². The van der Waals surface area contributed by atoms with Crippen molar-refractivity contribution in [3.05, 3.63) is 77.9 Å². The summed E-state index contributed by atoms with van der Waals surface area (Å²) in [6, 6.07) is 15.6. The molecule has 0 fully saturated rings. The van der Waals surface area contributed by atoms with Crippen LogP contribution in [-0.4, -0.2) is 33.9 Å². The van der Waals surface area contributed by atoms with Crippen LogP contribution >= 0.6 is 11.3 Å². The minimum atomic E-state index is -0.254. The van der Waals surface area contributed by atoms with Crippen molar-refractivity contribution in [2.75, 3.05) is 18.5 Å². The molecule has 1 amide bonds. The predicted octanol–water partition coefficient (Wildman–Crippen LogP) is 4.42. The number of thiazole rings is 1. The Kier molecular flexibility index (Phi) is 5.20. The molecule has 1 N–H and O–H groups in total. The number of carbonyl (C=O) groups is 1. The summed E-state index contributed by atoms with van der Waals surface area (Å²) in [4.78, 5) is 16.4. The van der Waals surface area contributed by atoms with E-state index >= 15 is 0 Å². The van der Waals surface area contributed by atoms with Crippen LogP contribution < -0.4 is 14.8 Å². The zero-order chi connectivity index (χ0) is 21.0. The average Bonchev–Trinajstić information content (AvgIpc) is 3.48. The van der Waals surface area contributed by atoms with Crippen molar-refractivity contribution in [3.63, 3.8) is 0 Å². The summed E-state index contributed by atoms with van der Waals surface area (Å²) in [6.45, 7) is 1.05. The second-order valence-electron chi connectivity index (χ2n) is 6.73. The fraction of sp³-hybridized carbons (Fsp3) is 0.0870.